The maximum atomic E-state index is 13.5. The largest absolute Gasteiger partial charge is 0.457 e. The number of imide groups is 1. The number of hydrogen-bond donors (Lipinski definition) is 0. The highest BCUT2D eigenvalue weighted by atomic mass is 16.6. The van der Waals surface area contributed by atoms with E-state index in [1.165, 1.54) is 17.0 Å². The summed E-state index contributed by atoms with van der Waals surface area (Å²) in [5.41, 5.74) is 3.18. The molecule has 2 heterocycles. The van der Waals surface area contributed by atoms with E-state index in [0.717, 1.165) is 5.56 Å². The van der Waals surface area contributed by atoms with Crippen LogP contribution in [0.5, 0.6) is 0 Å². The number of benzene rings is 3. The van der Waals surface area contributed by atoms with Crippen LogP contribution in [-0.4, -0.2) is 16.7 Å². The number of nitrogens with zero attached hydrogens (tertiary/aromatic N) is 2. The van der Waals surface area contributed by atoms with Crippen LogP contribution in [-0.2, 0) is 4.79 Å². The number of non-ortho nitro benzene ring substituents is 1. The molecule has 166 valence electrons. The molecule has 4 aromatic rings. The molecule has 3 aromatic carbocycles. The summed E-state index contributed by atoms with van der Waals surface area (Å²) >= 11 is 0. The van der Waals surface area contributed by atoms with E-state index in [1.54, 1.807) is 72.8 Å². The molecule has 0 aliphatic carbocycles. The Kier molecular flexibility index (Phi) is 5.14. The SMILES string of the molecule is Cc1cccc(N2C(=O)C(=Cc3ccc(-c4cccc([N+](=O)[O-])c4)o3)c3ccccc3C2=O)c1. The predicted octanol–water partition coefficient (Wildman–Crippen LogP) is 5.89. The molecule has 0 saturated heterocycles. The summed E-state index contributed by atoms with van der Waals surface area (Å²) < 4.78 is 5.90. The zero-order valence-electron chi connectivity index (χ0n) is 18.1. The van der Waals surface area contributed by atoms with Gasteiger partial charge in [0.15, 0.2) is 0 Å². The van der Waals surface area contributed by atoms with E-state index < -0.39 is 10.8 Å². The third-order valence-electron chi connectivity index (χ3n) is 5.60. The summed E-state index contributed by atoms with van der Waals surface area (Å²) in [6.07, 6.45) is 1.59. The van der Waals surface area contributed by atoms with E-state index in [-0.39, 0.29) is 11.6 Å². The maximum Gasteiger partial charge on any atom is 0.270 e. The number of anilines is 1. The van der Waals surface area contributed by atoms with Crippen molar-refractivity contribution in [3.05, 3.63) is 117 Å². The highest BCUT2D eigenvalue weighted by Gasteiger charge is 2.36. The van der Waals surface area contributed by atoms with E-state index in [4.69, 9.17) is 4.42 Å². The Morgan fingerprint density at radius 1 is 0.853 bits per heavy atom. The van der Waals surface area contributed by atoms with Crippen molar-refractivity contribution in [2.75, 3.05) is 4.90 Å². The summed E-state index contributed by atoms with van der Waals surface area (Å²) in [4.78, 5) is 38.5. The second-order valence-corrected chi connectivity index (χ2v) is 7.90. The highest BCUT2D eigenvalue weighted by molar-refractivity contribution is 6.43. The summed E-state index contributed by atoms with van der Waals surface area (Å²) in [7, 11) is 0. The number of nitro benzene ring substituents is 1. The second kappa shape index (κ2) is 8.29. The van der Waals surface area contributed by atoms with Crippen LogP contribution < -0.4 is 4.90 Å². The summed E-state index contributed by atoms with van der Waals surface area (Å²) in [5.74, 6) is -0.0282. The minimum Gasteiger partial charge on any atom is -0.457 e. The molecule has 0 radical (unpaired) electrons. The minimum absolute atomic E-state index is 0.0440. The molecule has 34 heavy (non-hydrogen) atoms. The average Bonchev–Trinajstić information content (AvgIpc) is 3.31. The van der Waals surface area contributed by atoms with E-state index in [1.807, 2.05) is 13.0 Å². The Morgan fingerprint density at radius 3 is 2.38 bits per heavy atom. The second-order valence-electron chi connectivity index (χ2n) is 7.90. The predicted molar refractivity (Wildman–Crippen MR) is 128 cm³/mol. The Balaban J connectivity index is 1.59. The lowest BCUT2D eigenvalue weighted by Gasteiger charge is -2.28. The van der Waals surface area contributed by atoms with Crippen LogP contribution in [0.1, 0.15) is 27.2 Å². The number of furan rings is 1. The van der Waals surface area contributed by atoms with Crippen LogP contribution in [0, 0.1) is 17.0 Å². The van der Waals surface area contributed by atoms with Gasteiger partial charge in [-0.15, -0.1) is 0 Å². The third-order valence-corrected chi connectivity index (χ3v) is 5.60. The molecule has 2 amide bonds. The molecular weight excluding hydrogens is 432 g/mol. The molecular formula is C27H18N2O5. The van der Waals surface area contributed by atoms with Crippen molar-refractivity contribution in [3.63, 3.8) is 0 Å². The standard InChI is InChI=1S/C27H18N2O5/c1-17-6-4-8-19(14-17)28-26(30)23-11-3-2-10-22(23)24(27(28)31)16-21-12-13-25(34-21)18-7-5-9-20(15-18)29(32)33/h2-16H,1H3. The van der Waals surface area contributed by atoms with Gasteiger partial charge < -0.3 is 4.42 Å². The Hall–Kier alpha value is -4.78. The molecule has 7 nitrogen and oxygen atoms in total. The fourth-order valence-corrected chi connectivity index (χ4v) is 3.99. The maximum absolute atomic E-state index is 13.5. The van der Waals surface area contributed by atoms with Gasteiger partial charge in [-0.05, 0) is 48.9 Å². The molecule has 0 unspecified atom stereocenters. The molecule has 0 saturated carbocycles. The molecule has 5 rings (SSSR count). The molecule has 1 aliphatic rings. The molecule has 0 N–H and O–H groups in total. The van der Waals surface area contributed by atoms with Crippen LogP contribution in [0.3, 0.4) is 0 Å². The number of rotatable bonds is 4. The number of hydrogen-bond acceptors (Lipinski definition) is 5. The minimum atomic E-state index is -0.468. The zero-order chi connectivity index (χ0) is 23.8. The lowest BCUT2D eigenvalue weighted by molar-refractivity contribution is -0.384. The van der Waals surface area contributed by atoms with Crippen LogP contribution >= 0.6 is 0 Å². The van der Waals surface area contributed by atoms with Gasteiger partial charge in [-0.25, -0.2) is 4.90 Å². The number of amides is 2. The van der Waals surface area contributed by atoms with E-state index in [2.05, 4.69) is 0 Å². The van der Waals surface area contributed by atoms with Gasteiger partial charge in [0.25, 0.3) is 17.5 Å². The molecule has 0 fully saturated rings. The first-order chi connectivity index (χ1) is 16.4. The van der Waals surface area contributed by atoms with Crippen molar-refractivity contribution < 1.29 is 18.9 Å². The van der Waals surface area contributed by atoms with E-state index in [9.17, 15) is 19.7 Å². The first-order valence-corrected chi connectivity index (χ1v) is 10.5. The molecule has 7 heteroatoms. The van der Waals surface area contributed by atoms with Gasteiger partial charge in [0.05, 0.1) is 16.2 Å². The Labute approximate surface area is 194 Å². The van der Waals surface area contributed by atoms with Crippen LogP contribution in [0.25, 0.3) is 23.0 Å². The number of carbonyl (C=O) groups excluding carboxylic acids is 2. The van der Waals surface area contributed by atoms with Gasteiger partial charge in [0.1, 0.15) is 11.5 Å². The van der Waals surface area contributed by atoms with Crippen molar-refractivity contribution in [2.45, 2.75) is 6.92 Å². The van der Waals surface area contributed by atoms with Gasteiger partial charge in [0, 0.05) is 28.8 Å². The molecule has 0 spiro atoms. The van der Waals surface area contributed by atoms with E-state index in [0.29, 0.717) is 39.5 Å². The van der Waals surface area contributed by atoms with Crippen LogP contribution in [0.15, 0.2) is 89.3 Å². The summed E-state index contributed by atoms with van der Waals surface area (Å²) in [6, 6.07) is 23.7. The fraction of sp³-hybridized carbons (Fsp3) is 0.0370. The smallest absolute Gasteiger partial charge is 0.270 e. The van der Waals surface area contributed by atoms with E-state index >= 15 is 0 Å². The first-order valence-electron chi connectivity index (χ1n) is 10.5. The lowest BCUT2D eigenvalue weighted by atomic mass is 9.92. The van der Waals surface area contributed by atoms with Gasteiger partial charge in [0.2, 0.25) is 0 Å². The Bertz CT molecular complexity index is 1500. The number of nitro groups is 1. The monoisotopic (exact) mass is 450 g/mol. The highest BCUT2D eigenvalue weighted by Crippen LogP contribution is 2.34. The topological polar surface area (TPSA) is 93.7 Å². The van der Waals surface area contributed by atoms with Crippen molar-refractivity contribution >= 4 is 34.8 Å². The number of carbonyl (C=O) groups is 2. The number of aryl methyl sites for hydroxylation is 1. The first kappa shape index (κ1) is 21.1. The third kappa shape index (κ3) is 3.69. The summed E-state index contributed by atoms with van der Waals surface area (Å²) in [6.45, 7) is 1.89. The van der Waals surface area contributed by atoms with Gasteiger partial charge in [-0.1, -0.05) is 42.5 Å². The fourth-order valence-electron chi connectivity index (χ4n) is 3.99. The number of fused-ring (bicyclic) bond motifs is 1. The lowest BCUT2D eigenvalue weighted by Crippen LogP contribution is -2.41. The molecule has 1 aliphatic heterocycles. The van der Waals surface area contributed by atoms with Crippen molar-refractivity contribution in [2.24, 2.45) is 0 Å². The van der Waals surface area contributed by atoms with Crippen molar-refractivity contribution in [1.29, 1.82) is 0 Å². The molecule has 0 bridgehead atoms. The zero-order valence-corrected chi connectivity index (χ0v) is 18.1. The van der Waals surface area contributed by atoms with Crippen molar-refractivity contribution in [3.8, 4) is 11.3 Å². The summed E-state index contributed by atoms with van der Waals surface area (Å²) in [5, 5.41) is 11.1. The van der Waals surface area contributed by atoms with Crippen molar-refractivity contribution in [1.82, 2.24) is 0 Å². The van der Waals surface area contributed by atoms with Gasteiger partial charge >= 0.3 is 0 Å². The van der Waals surface area contributed by atoms with Crippen LogP contribution in [0.2, 0.25) is 0 Å². The normalized spacial score (nSPS) is 14.4. The van der Waals surface area contributed by atoms with Gasteiger partial charge in [-0.2, -0.15) is 0 Å². The average molecular weight is 450 g/mol. The van der Waals surface area contributed by atoms with Gasteiger partial charge in [-0.3, -0.25) is 19.7 Å². The van der Waals surface area contributed by atoms with Crippen LogP contribution in [0.4, 0.5) is 11.4 Å². The molecule has 0 atom stereocenters. The Morgan fingerprint density at radius 2 is 1.62 bits per heavy atom. The quantitative estimate of drug-likeness (QED) is 0.167. The molecule has 1 aromatic heterocycles.